The molecule has 0 fully saturated rings. The van der Waals surface area contributed by atoms with Gasteiger partial charge in [-0.25, -0.2) is 4.98 Å². The lowest BCUT2D eigenvalue weighted by molar-refractivity contribution is -0.116. The summed E-state index contributed by atoms with van der Waals surface area (Å²) in [6.45, 7) is -0.0629. The Kier molecular flexibility index (Phi) is 5.48. The predicted octanol–water partition coefficient (Wildman–Crippen LogP) is 4.01. The Balaban J connectivity index is 1.62. The van der Waals surface area contributed by atoms with Gasteiger partial charge in [-0.1, -0.05) is 36.4 Å². The van der Waals surface area contributed by atoms with E-state index in [-0.39, 0.29) is 18.4 Å². The molecule has 0 spiro atoms. The van der Waals surface area contributed by atoms with E-state index in [1.54, 1.807) is 37.6 Å². The molecule has 0 aliphatic rings. The summed E-state index contributed by atoms with van der Waals surface area (Å²) < 4.78 is 0. The molecule has 0 aliphatic heterocycles. The fourth-order valence-corrected chi connectivity index (χ4v) is 3.23. The van der Waals surface area contributed by atoms with Crippen LogP contribution < -0.4 is 5.32 Å². The first-order valence-corrected chi connectivity index (χ1v) is 9.52. The SMILES string of the molecule is CN(CC(=O)Nc1ccccc1)C(=O)c1cc(-c2cccnc2)nc2ccccc12. The van der Waals surface area contributed by atoms with Crippen molar-refractivity contribution in [2.24, 2.45) is 0 Å². The van der Waals surface area contributed by atoms with Crippen molar-refractivity contribution in [3.8, 4) is 11.3 Å². The average molecular weight is 396 g/mol. The molecule has 148 valence electrons. The Bertz CT molecular complexity index is 1190. The van der Waals surface area contributed by atoms with Crippen LogP contribution in [0.25, 0.3) is 22.2 Å². The van der Waals surface area contributed by atoms with Gasteiger partial charge in [-0.15, -0.1) is 0 Å². The van der Waals surface area contributed by atoms with Gasteiger partial charge >= 0.3 is 0 Å². The summed E-state index contributed by atoms with van der Waals surface area (Å²) >= 11 is 0. The second kappa shape index (κ2) is 8.53. The number of pyridine rings is 2. The van der Waals surface area contributed by atoms with Crippen LogP contribution in [-0.4, -0.2) is 40.3 Å². The smallest absolute Gasteiger partial charge is 0.254 e. The van der Waals surface area contributed by atoms with E-state index in [0.29, 0.717) is 22.5 Å². The number of carbonyl (C=O) groups is 2. The average Bonchev–Trinajstić information content (AvgIpc) is 2.79. The molecule has 0 saturated heterocycles. The number of aromatic nitrogens is 2. The Morgan fingerprint density at radius 1 is 0.967 bits per heavy atom. The quantitative estimate of drug-likeness (QED) is 0.553. The monoisotopic (exact) mass is 396 g/mol. The Hall–Kier alpha value is -4.06. The van der Waals surface area contributed by atoms with E-state index in [9.17, 15) is 9.59 Å². The van der Waals surface area contributed by atoms with Gasteiger partial charge in [-0.05, 0) is 36.4 Å². The molecule has 0 atom stereocenters. The minimum Gasteiger partial charge on any atom is -0.332 e. The van der Waals surface area contributed by atoms with Crippen LogP contribution >= 0.6 is 0 Å². The summed E-state index contributed by atoms with van der Waals surface area (Å²) in [5, 5.41) is 3.54. The molecular formula is C24H20N4O2. The lowest BCUT2D eigenvalue weighted by Crippen LogP contribution is -2.35. The lowest BCUT2D eigenvalue weighted by Gasteiger charge is -2.18. The van der Waals surface area contributed by atoms with Crippen molar-refractivity contribution in [1.29, 1.82) is 0 Å². The molecule has 4 rings (SSSR count). The molecule has 2 aromatic heterocycles. The number of nitrogens with one attached hydrogen (secondary N) is 1. The number of amides is 2. The van der Waals surface area contributed by atoms with Crippen molar-refractivity contribution in [2.45, 2.75) is 0 Å². The molecule has 30 heavy (non-hydrogen) atoms. The lowest BCUT2D eigenvalue weighted by atomic mass is 10.0. The summed E-state index contributed by atoms with van der Waals surface area (Å²) in [6.07, 6.45) is 3.40. The van der Waals surface area contributed by atoms with E-state index in [2.05, 4.69) is 15.3 Å². The van der Waals surface area contributed by atoms with Crippen molar-refractivity contribution in [2.75, 3.05) is 18.9 Å². The molecule has 6 heteroatoms. The van der Waals surface area contributed by atoms with Crippen molar-refractivity contribution in [1.82, 2.24) is 14.9 Å². The summed E-state index contributed by atoms with van der Waals surface area (Å²) in [6, 6.07) is 22.1. The third-order valence-electron chi connectivity index (χ3n) is 4.69. The summed E-state index contributed by atoms with van der Waals surface area (Å²) in [5.41, 5.74) is 3.38. The van der Waals surface area contributed by atoms with Gasteiger partial charge in [0.25, 0.3) is 5.91 Å². The Morgan fingerprint density at radius 2 is 1.73 bits per heavy atom. The van der Waals surface area contributed by atoms with Crippen LogP contribution in [-0.2, 0) is 4.79 Å². The highest BCUT2D eigenvalue weighted by Gasteiger charge is 2.19. The fraction of sp³-hybridized carbons (Fsp3) is 0.0833. The second-order valence-electron chi connectivity index (χ2n) is 6.89. The normalized spacial score (nSPS) is 10.6. The fourth-order valence-electron chi connectivity index (χ4n) is 3.23. The van der Waals surface area contributed by atoms with E-state index < -0.39 is 0 Å². The van der Waals surface area contributed by atoms with Crippen LogP contribution in [0.5, 0.6) is 0 Å². The maximum absolute atomic E-state index is 13.2. The molecule has 4 aromatic rings. The molecule has 0 radical (unpaired) electrons. The van der Waals surface area contributed by atoms with Crippen LogP contribution in [0.4, 0.5) is 5.69 Å². The van der Waals surface area contributed by atoms with Crippen molar-refractivity contribution >= 4 is 28.4 Å². The zero-order valence-electron chi connectivity index (χ0n) is 16.4. The van der Waals surface area contributed by atoms with Gasteiger partial charge in [-0.2, -0.15) is 0 Å². The minimum atomic E-state index is -0.261. The standard InChI is InChI=1S/C24H20N4O2/c1-28(16-23(29)26-18-9-3-2-4-10-18)24(30)20-14-22(17-8-7-13-25-15-17)27-21-12-6-5-11-19(20)21/h2-15H,16H2,1H3,(H,26,29). The van der Waals surface area contributed by atoms with Gasteiger partial charge in [0.15, 0.2) is 0 Å². The first kappa shape index (κ1) is 19.3. The number of anilines is 1. The molecule has 0 bridgehead atoms. The zero-order chi connectivity index (χ0) is 20.9. The van der Waals surface area contributed by atoms with Crippen molar-refractivity contribution in [3.63, 3.8) is 0 Å². The van der Waals surface area contributed by atoms with Crippen molar-refractivity contribution < 1.29 is 9.59 Å². The summed E-state index contributed by atoms with van der Waals surface area (Å²) in [7, 11) is 1.62. The number of para-hydroxylation sites is 2. The van der Waals surface area contributed by atoms with E-state index >= 15 is 0 Å². The van der Waals surface area contributed by atoms with Gasteiger partial charge in [0.05, 0.1) is 23.3 Å². The van der Waals surface area contributed by atoms with Crippen molar-refractivity contribution in [3.05, 3.63) is 90.8 Å². The Labute approximate surface area is 174 Å². The summed E-state index contributed by atoms with van der Waals surface area (Å²) in [5.74, 6) is -0.509. The predicted molar refractivity (Wildman–Crippen MR) is 117 cm³/mol. The molecular weight excluding hydrogens is 376 g/mol. The number of fused-ring (bicyclic) bond motifs is 1. The van der Waals surface area contributed by atoms with E-state index in [4.69, 9.17) is 0 Å². The molecule has 0 unspecified atom stereocenters. The van der Waals surface area contributed by atoms with Gasteiger partial charge in [0.1, 0.15) is 0 Å². The van der Waals surface area contributed by atoms with Gasteiger partial charge in [0, 0.05) is 36.1 Å². The first-order chi connectivity index (χ1) is 14.6. The number of nitrogens with zero attached hydrogens (tertiary/aromatic N) is 3. The topological polar surface area (TPSA) is 75.2 Å². The first-order valence-electron chi connectivity index (χ1n) is 9.52. The van der Waals surface area contributed by atoms with Crippen LogP contribution in [0.2, 0.25) is 0 Å². The maximum Gasteiger partial charge on any atom is 0.254 e. The van der Waals surface area contributed by atoms with Crippen LogP contribution in [0.15, 0.2) is 85.2 Å². The molecule has 6 nitrogen and oxygen atoms in total. The number of rotatable bonds is 5. The Morgan fingerprint density at radius 3 is 2.50 bits per heavy atom. The van der Waals surface area contributed by atoms with Crippen LogP contribution in [0.1, 0.15) is 10.4 Å². The highest BCUT2D eigenvalue weighted by Crippen LogP contribution is 2.25. The second-order valence-corrected chi connectivity index (χ2v) is 6.89. The molecule has 1 N–H and O–H groups in total. The summed E-state index contributed by atoms with van der Waals surface area (Å²) in [4.78, 5) is 35.8. The third kappa shape index (κ3) is 4.17. The maximum atomic E-state index is 13.2. The molecule has 2 amide bonds. The zero-order valence-corrected chi connectivity index (χ0v) is 16.4. The minimum absolute atomic E-state index is 0.0629. The van der Waals surface area contributed by atoms with Crippen LogP contribution in [0.3, 0.4) is 0 Å². The highest BCUT2D eigenvalue weighted by atomic mass is 16.2. The molecule has 0 aliphatic carbocycles. The largest absolute Gasteiger partial charge is 0.332 e. The highest BCUT2D eigenvalue weighted by molar-refractivity contribution is 6.08. The third-order valence-corrected chi connectivity index (χ3v) is 4.69. The molecule has 0 saturated carbocycles. The number of carbonyl (C=O) groups excluding carboxylic acids is 2. The number of likely N-dealkylation sites (N-methyl/N-ethyl adjacent to an activating group) is 1. The van der Waals surface area contributed by atoms with Gasteiger partial charge in [-0.3, -0.25) is 14.6 Å². The number of hydrogen-bond acceptors (Lipinski definition) is 4. The van der Waals surface area contributed by atoms with Crippen LogP contribution in [0, 0.1) is 0 Å². The van der Waals surface area contributed by atoms with E-state index in [0.717, 1.165) is 10.9 Å². The number of benzene rings is 2. The molecule has 2 aromatic carbocycles. The van der Waals surface area contributed by atoms with E-state index in [1.807, 2.05) is 54.6 Å². The molecule has 2 heterocycles. The number of hydrogen-bond donors (Lipinski definition) is 1. The van der Waals surface area contributed by atoms with E-state index in [1.165, 1.54) is 4.90 Å². The van der Waals surface area contributed by atoms with Gasteiger partial charge < -0.3 is 10.2 Å². The van der Waals surface area contributed by atoms with Gasteiger partial charge in [0.2, 0.25) is 5.91 Å².